The molecule has 44 valence electrons. The third-order valence-corrected chi connectivity index (χ3v) is 0.888. The third-order valence-electron chi connectivity index (χ3n) is 0.888. The van der Waals surface area contributed by atoms with E-state index in [0.29, 0.717) is 6.54 Å². The van der Waals surface area contributed by atoms with Crippen molar-refractivity contribution in [3.63, 3.8) is 0 Å². The van der Waals surface area contributed by atoms with Crippen molar-refractivity contribution in [2.24, 2.45) is 10.7 Å². The third kappa shape index (κ3) is 0.776. The van der Waals surface area contributed by atoms with Gasteiger partial charge in [0.1, 0.15) is 0 Å². The maximum Gasteiger partial charge on any atom is 0.260 e. The Morgan fingerprint density at radius 1 is 2.00 bits per heavy atom. The van der Waals surface area contributed by atoms with Gasteiger partial charge >= 0.3 is 0 Å². The molecule has 1 aliphatic rings. The van der Waals surface area contributed by atoms with Crippen LogP contribution in [0.15, 0.2) is 4.99 Å². The van der Waals surface area contributed by atoms with Gasteiger partial charge in [-0.15, -0.1) is 0 Å². The lowest BCUT2D eigenvalue weighted by Crippen LogP contribution is -2.30. The summed E-state index contributed by atoms with van der Waals surface area (Å²) in [6.45, 7) is 0.370. The van der Waals surface area contributed by atoms with Gasteiger partial charge in [-0.1, -0.05) is 0 Å². The van der Waals surface area contributed by atoms with Crippen molar-refractivity contribution in [1.29, 1.82) is 0 Å². The highest BCUT2D eigenvalue weighted by molar-refractivity contribution is 5.81. The molecular weight excluding hydrogens is 108 g/mol. The van der Waals surface area contributed by atoms with Crippen molar-refractivity contribution in [2.45, 2.75) is 6.10 Å². The molecule has 0 aromatic heterocycles. The topological polar surface area (TPSA) is 64.7 Å². The Labute approximate surface area is 46.3 Å². The fraction of sp³-hybridized carbons (Fsp3) is 0.500. The van der Waals surface area contributed by atoms with Crippen molar-refractivity contribution in [2.75, 3.05) is 6.54 Å². The summed E-state index contributed by atoms with van der Waals surface area (Å²) >= 11 is 0. The molecule has 1 unspecified atom stereocenters. The summed E-state index contributed by atoms with van der Waals surface area (Å²) in [5.74, 6) is -0.456. The number of amides is 1. The number of rotatable bonds is 1. The predicted octanol–water partition coefficient (Wildman–Crippen LogP) is -1.10. The summed E-state index contributed by atoms with van der Waals surface area (Å²) in [6, 6.07) is 0. The van der Waals surface area contributed by atoms with Crippen LogP contribution in [-0.4, -0.2) is 25.0 Å². The Hall–Kier alpha value is -1.06. The van der Waals surface area contributed by atoms with Gasteiger partial charge in [0, 0.05) is 0 Å². The van der Waals surface area contributed by atoms with E-state index in [-0.39, 0.29) is 0 Å². The van der Waals surface area contributed by atoms with Crippen molar-refractivity contribution < 1.29 is 9.53 Å². The molecule has 1 heterocycles. The molecule has 8 heavy (non-hydrogen) atoms. The molecule has 0 spiro atoms. The molecule has 1 atom stereocenters. The Morgan fingerprint density at radius 3 is 3.00 bits per heavy atom. The van der Waals surface area contributed by atoms with Crippen LogP contribution in [-0.2, 0) is 9.53 Å². The maximum absolute atomic E-state index is 10.2. The van der Waals surface area contributed by atoms with Crippen LogP contribution in [0.1, 0.15) is 0 Å². The molecular formula is C4H6N2O2. The zero-order valence-corrected chi connectivity index (χ0v) is 4.20. The normalized spacial score (nSPS) is 25.2. The average Bonchev–Trinajstić information content (AvgIpc) is 2.12. The van der Waals surface area contributed by atoms with Crippen LogP contribution in [0.2, 0.25) is 0 Å². The Bertz CT molecular complexity index is 124. The van der Waals surface area contributed by atoms with Gasteiger partial charge in [0.2, 0.25) is 0 Å². The van der Waals surface area contributed by atoms with E-state index in [9.17, 15) is 4.79 Å². The number of hydrogen-bond donors (Lipinski definition) is 1. The lowest BCUT2D eigenvalue weighted by atomic mass is 10.3. The highest BCUT2D eigenvalue weighted by atomic mass is 16.5. The number of hydrogen-bond acceptors (Lipinski definition) is 3. The van der Waals surface area contributed by atoms with Gasteiger partial charge in [-0.3, -0.25) is 9.79 Å². The van der Waals surface area contributed by atoms with Crippen molar-refractivity contribution in [3.05, 3.63) is 0 Å². The van der Waals surface area contributed by atoms with E-state index in [1.165, 1.54) is 6.40 Å². The van der Waals surface area contributed by atoms with Gasteiger partial charge in [-0.2, -0.15) is 0 Å². The second-order valence-corrected chi connectivity index (χ2v) is 1.50. The maximum atomic E-state index is 10.2. The van der Waals surface area contributed by atoms with Crippen molar-refractivity contribution in [1.82, 2.24) is 0 Å². The summed E-state index contributed by atoms with van der Waals surface area (Å²) < 4.78 is 4.65. The molecule has 1 amide bonds. The molecule has 0 fully saturated rings. The summed E-state index contributed by atoms with van der Waals surface area (Å²) in [6.07, 6.45) is 0.727. The monoisotopic (exact) mass is 114 g/mol. The predicted molar refractivity (Wildman–Crippen MR) is 27.4 cm³/mol. The quantitative estimate of drug-likeness (QED) is 0.470. The smallest absolute Gasteiger partial charge is 0.260 e. The number of primary amides is 1. The minimum atomic E-state index is -0.519. The summed E-state index contributed by atoms with van der Waals surface area (Å²) in [4.78, 5) is 13.9. The Balaban J connectivity index is 2.41. The Morgan fingerprint density at radius 2 is 2.75 bits per heavy atom. The van der Waals surface area contributed by atoms with Crippen LogP contribution < -0.4 is 5.73 Å². The fourth-order valence-electron chi connectivity index (χ4n) is 0.455. The molecule has 4 heteroatoms. The highest BCUT2D eigenvalue weighted by Gasteiger charge is 2.17. The molecule has 1 rings (SSSR count). The minimum absolute atomic E-state index is 0.370. The van der Waals surface area contributed by atoms with E-state index in [2.05, 4.69) is 9.73 Å². The highest BCUT2D eigenvalue weighted by Crippen LogP contribution is 1.95. The number of carbonyl (C=O) groups excluding carboxylic acids is 1. The van der Waals surface area contributed by atoms with Crippen LogP contribution in [0.4, 0.5) is 0 Å². The second-order valence-electron chi connectivity index (χ2n) is 1.50. The van der Waals surface area contributed by atoms with E-state index >= 15 is 0 Å². The van der Waals surface area contributed by atoms with Gasteiger partial charge < -0.3 is 10.5 Å². The van der Waals surface area contributed by atoms with Gasteiger partial charge in [0.25, 0.3) is 5.91 Å². The standard InChI is InChI=1S/C4H6N2O2/c5-4(7)3-1-6-2-8-3/h2-3H,1H2,(H2,5,7). The van der Waals surface area contributed by atoms with Crippen molar-refractivity contribution >= 4 is 12.3 Å². The molecule has 0 bridgehead atoms. The molecule has 2 N–H and O–H groups in total. The molecule has 4 nitrogen and oxygen atoms in total. The average molecular weight is 114 g/mol. The van der Waals surface area contributed by atoms with E-state index in [1.807, 2.05) is 0 Å². The van der Waals surface area contributed by atoms with Crippen LogP contribution in [0, 0.1) is 0 Å². The van der Waals surface area contributed by atoms with E-state index in [0.717, 1.165) is 0 Å². The molecule has 1 aliphatic heterocycles. The zero-order valence-electron chi connectivity index (χ0n) is 4.20. The van der Waals surface area contributed by atoms with Gasteiger partial charge in [0.05, 0.1) is 6.54 Å². The summed E-state index contributed by atoms with van der Waals surface area (Å²) in [7, 11) is 0. The van der Waals surface area contributed by atoms with E-state index in [1.54, 1.807) is 0 Å². The first-order valence-corrected chi connectivity index (χ1v) is 2.24. The second kappa shape index (κ2) is 1.81. The minimum Gasteiger partial charge on any atom is -0.469 e. The molecule has 0 radical (unpaired) electrons. The van der Waals surface area contributed by atoms with Crippen LogP contribution >= 0.6 is 0 Å². The molecule has 0 aliphatic carbocycles. The number of nitrogens with two attached hydrogens (primary N) is 1. The number of aliphatic imine (C=N–C) groups is 1. The zero-order chi connectivity index (χ0) is 5.98. The van der Waals surface area contributed by atoms with Gasteiger partial charge in [-0.25, -0.2) is 0 Å². The first-order chi connectivity index (χ1) is 3.80. The molecule has 0 aromatic carbocycles. The number of carbonyl (C=O) groups is 1. The fourth-order valence-corrected chi connectivity index (χ4v) is 0.455. The molecule has 0 aromatic rings. The number of nitrogens with zero attached hydrogens (tertiary/aromatic N) is 1. The van der Waals surface area contributed by atoms with Gasteiger partial charge in [0.15, 0.2) is 12.5 Å². The van der Waals surface area contributed by atoms with E-state index in [4.69, 9.17) is 5.73 Å². The van der Waals surface area contributed by atoms with Crippen LogP contribution in [0.3, 0.4) is 0 Å². The largest absolute Gasteiger partial charge is 0.469 e. The first kappa shape index (κ1) is 5.08. The summed E-state index contributed by atoms with van der Waals surface area (Å²) in [5.41, 5.74) is 4.85. The van der Waals surface area contributed by atoms with Crippen LogP contribution in [0.5, 0.6) is 0 Å². The lowest BCUT2D eigenvalue weighted by molar-refractivity contribution is -0.123. The first-order valence-electron chi connectivity index (χ1n) is 2.24. The molecule has 0 saturated carbocycles. The van der Waals surface area contributed by atoms with E-state index < -0.39 is 12.0 Å². The number of ether oxygens (including phenoxy) is 1. The van der Waals surface area contributed by atoms with Crippen molar-refractivity contribution in [3.8, 4) is 0 Å². The lowest BCUT2D eigenvalue weighted by Gasteiger charge is -1.99. The SMILES string of the molecule is NC(=O)C1CN=CO1. The summed E-state index contributed by atoms with van der Waals surface area (Å²) in [5, 5.41) is 0. The van der Waals surface area contributed by atoms with Crippen LogP contribution in [0.25, 0.3) is 0 Å². The molecule has 0 saturated heterocycles. The van der Waals surface area contributed by atoms with Gasteiger partial charge in [-0.05, 0) is 0 Å². The Kier molecular flexibility index (Phi) is 1.15.